The summed E-state index contributed by atoms with van der Waals surface area (Å²) < 4.78 is 6.28. The van der Waals surface area contributed by atoms with E-state index >= 15 is 0 Å². The Balaban J connectivity index is 1.56. The summed E-state index contributed by atoms with van der Waals surface area (Å²) in [7, 11) is 0. The third kappa shape index (κ3) is 5.35. The summed E-state index contributed by atoms with van der Waals surface area (Å²) in [6.45, 7) is 8.48. The van der Waals surface area contributed by atoms with Crippen molar-refractivity contribution in [2.45, 2.75) is 93.8 Å². The van der Waals surface area contributed by atoms with Gasteiger partial charge < -0.3 is 9.84 Å². The third-order valence-electron chi connectivity index (χ3n) is 7.35. The zero-order valence-corrected chi connectivity index (χ0v) is 21.5. The number of carbonyl (C=O) groups excluding carboxylic acids is 2. The highest BCUT2D eigenvalue weighted by atomic mass is 32.2. The summed E-state index contributed by atoms with van der Waals surface area (Å²) in [6, 6.07) is 13.4. The van der Waals surface area contributed by atoms with E-state index in [0.717, 1.165) is 47.3 Å². The van der Waals surface area contributed by atoms with Crippen molar-refractivity contribution in [1.82, 2.24) is 0 Å². The summed E-state index contributed by atoms with van der Waals surface area (Å²) in [5.41, 5.74) is 2.52. The van der Waals surface area contributed by atoms with Crippen molar-refractivity contribution in [3.8, 4) is 5.75 Å². The monoisotopic (exact) mass is 480 g/mol. The quantitative estimate of drug-likeness (QED) is 0.376. The number of esters is 1. The van der Waals surface area contributed by atoms with Gasteiger partial charge in [0.25, 0.3) is 0 Å². The Bertz CT molecular complexity index is 1030. The van der Waals surface area contributed by atoms with Crippen LogP contribution in [-0.2, 0) is 26.2 Å². The van der Waals surface area contributed by atoms with E-state index in [1.54, 1.807) is 12.1 Å². The zero-order chi connectivity index (χ0) is 24.5. The number of aryl methyl sites for hydroxylation is 2. The molecule has 0 aromatic heterocycles. The Morgan fingerprint density at radius 3 is 2.35 bits per heavy atom. The van der Waals surface area contributed by atoms with Crippen molar-refractivity contribution in [1.29, 1.82) is 0 Å². The van der Waals surface area contributed by atoms with Crippen LogP contribution in [0.2, 0.25) is 0 Å². The van der Waals surface area contributed by atoms with Gasteiger partial charge in [0, 0.05) is 11.3 Å². The van der Waals surface area contributed by atoms with E-state index in [1.807, 2.05) is 19.1 Å². The Morgan fingerprint density at radius 1 is 1.06 bits per heavy atom. The Kier molecular flexibility index (Phi) is 7.14. The molecule has 2 aromatic rings. The molecule has 182 valence electrons. The van der Waals surface area contributed by atoms with Crippen LogP contribution in [0.1, 0.15) is 76.0 Å². The molecule has 1 N–H and O–H groups in total. The first-order chi connectivity index (χ1) is 16.1. The molecule has 2 fully saturated rings. The lowest BCUT2D eigenvalue weighted by atomic mass is 9.76. The van der Waals surface area contributed by atoms with Crippen LogP contribution in [0.4, 0.5) is 0 Å². The maximum absolute atomic E-state index is 13.5. The Labute approximate surface area is 207 Å². The first-order valence-electron chi connectivity index (χ1n) is 12.4. The first-order valence-corrected chi connectivity index (χ1v) is 13.3. The molecular weight excluding hydrogens is 444 g/mol. The summed E-state index contributed by atoms with van der Waals surface area (Å²) in [4.78, 5) is 27.9. The summed E-state index contributed by atoms with van der Waals surface area (Å²) >= 11 is 1.36. The molecule has 1 saturated carbocycles. The predicted octanol–water partition coefficient (Wildman–Crippen LogP) is 6.54. The number of cyclic esters (lactones) is 1. The van der Waals surface area contributed by atoms with Crippen molar-refractivity contribution in [2.24, 2.45) is 5.92 Å². The highest BCUT2D eigenvalue weighted by Gasteiger charge is 2.51. The predicted molar refractivity (Wildman–Crippen MR) is 136 cm³/mol. The molecule has 1 heterocycles. The van der Waals surface area contributed by atoms with Gasteiger partial charge in [-0.25, -0.2) is 0 Å². The number of benzene rings is 2. The van der Waals surface area contributed by atoms with Crippen LogP contribution in [0.3, 0.4) is 0 Å². The van der Waals surface area contributed by atoms with Gasteiger partial charge in [-0.1, -0.05) is 57.9 Å². The fourth-order valence-electron chi connectivity index (χ4n) is 5.44. The third-order valence-corrected chi connectivity index (χ3v) is 8.63. The van der Waals surface area contributed by atoms with Crippen LogP contribution in [0.15, 0.2) is 47.4 Å². The molecule has 34 heavy (non-hydrogen) atoms. The van der Waals surface area contributed by atoms with Gasteiger partial charge in [0.1, 0.15) is 11.4 Å². The van der Waals surface area contributed by atoms with Crippen molar-refractivity contribution < 1.29 is 19.4 Å². The van der Waals surface area contributed by atoms with Gasteiger partial charge in [0.15, 0.2) is 11.0 Å². The smallest absolute Gasteiger partial charge is 0.327 e. The van der Waals surface area contributed by atoms with Gasteiger partial charge in [-0.3, -0.25) is 9.59 Å². The number of hydrogen-bond donors (Lipinski definition) is 1. The second kappa shape index (κ2) is 9.77. The fraction of sp³-hybridized carbons (Fsp3) is 0.517. The topological polar surface area (TPSA) is 63.6 Å². The van der Waals surface area contributed by atoms with Crippen LogP contribution in [-0.4, -0.2) is 27.7 Å². The molecule has 1 aliphatic heterocycles. The fourth-order valence-corrected chi connectivity index (χ4v) is 6.81. The number of aromatic hydroxyl groups is 1. The van der Waals surface area contributed by atoms with Crippen LogP contribution < -0.4 is 0 Å². The number of phenolic OH excluding ortho intramolecular Hbond substituents is 1. The minimum absolute atomic E-state index is 0.0137. The van der Waals surface area contributed by atoms with Crippen LogP contribution in [0, 0.1) is 12.8 Å². The zero-order valence-electron chi connectivity index (χ0n) is 20.7. The molecule has 0 radical (unpaired) electrons. The maximum Gasteiger partial charge on any atom is 0.327 e. The van der Waals surface area contributed by atoms with Crippen molar-refractivity contribution >= 4 is 23.5 Å². The van der Waals surface area contributed by atoms with E-state index in [0.29, 0.717) is 12.8 Å². The van der Waals surface area contributed by atoms with E-state index < -0.39 is 10.9 Å². The maximum atomic E-state index is 13.5. The summed E-state index contributed by atoms with van der Waals surface area (Å²) in [6.07, 6.45) is 5.87. The Hall–Kier alpha value is -2.27. The highest BCUT2D eigenvalue weighted by Crippen LogP contribution is 2.46. The van der Waals surface area contributed by atoms with Crippen molar-refractivity contribution in [3.05, 3.63) is 59.2 Å². The molecule has 4 rings (SSSR count). The lowest BCUT2D eigenvalue weighted by molar-refractivity contribution is -0.177. The molecule has 0 amide bonds. The number of rotatable bonds is 6. The average Bonchev–Trinajstić information content (AvgIpc) is 3.31. The normalized spacial score (nSPS) is 23.8. The van der Waals surface area contributed by atoms with Crippen LogP contribution in [0.5, 0.6) is 5.75 Å². The van der Waals surface area contributed by atoms with Crippen molar-refractivity contribution in [3.63, 3.8) is 0 Å². The number of ketones is 1. The number of thioether (sulfide) groups is 1. The van der Waals surface area contributed by atoms with Gasteiger partial charge in [-0.15, -0.1) is 11.8 Å². The number of Topliss-reactive ketones (excluding diaryl/α,β-unsaturated/α-hetero) is 1. The average molecular weight is 481 g/mol. The highest BCUT2D eigenvalue weighted by molar-refractivity contribution is 8.01. The minimum atomic E-state index is -0.814. The molecule has 2 unspecified atom stereocenters. The SMILES string of the molecule is Cc1ccc(C(C)(C)C)c(SC2C(=O)CC(CCc3ccc(O)cc3)(C3CCCC3)OC2=O)c1. The molecule has 1 saturated heterocycles. The molecule has 5 heteroatoms. The molecular formula is C29H36O4S. The van der Waals surface area contributed by atoms with Gasteiger partial charge in [0.05, 0.1) is 0 Å². The lowest BCUT2D eigenvalue weighted by Crippen LogP contribution is -2.53. The van der Waals surface area contributed by atoms with Gasteiger partial charge in [-0.2, -0.15) is 0 Å². The summed E-state index contributed by atoms with van der Waals surface area (Å²) in [5, 5.41) is 8.77. The van der Waals surface area contributed by atoms with E-state index in [4.69, 9.17) is 4.74 Å². The van der Waals surface area contributed by atoms with E-state index in [2.05, 4.69) is 39.0 Å². The van der Waals surface area contributed by atoms with Gasteiger partial charge in [0.2, 0.25) is 0 Å². The molecule has 4 nitrogen and oxygen atoms in total. The van der Waals surface area contributed by atoms with Crippen LogP contribution in [0.25, 0.3) is 0 Å². The largest absolute Gasteiger partial charge is 0.508 e. The lowest BCUT2D eigenvalue weighted by Gasteiger charge is -2.43. The standard InChI is InChI=1S/C29H36O4S/c1-19-9-14-23(28(2,3)4)25(17-19)34-26-24(31)18-29(33-27(26)32,21-7-5-6-8-21)16-15-20-10-12-22(30)13-11-20/h9-14,17,21,26,30H,5-8,15-16,18H2,1-4H3. The Morgan fingerprint density at radius 2 is 1.74 bits per heavy atom. The molecule has 2 atom stereocenters. The van der Waals surface area contributed by atoms with E-state index in [1.165, 1.54) is 11.8 Å². The van der Waals surface area contributed by atoms with Gasteiger partial charge in [-0.05, 0) is 78.8 Å². The second-order valence-electron chi connectivity index (χ2n) is 11.0. The molecule has 2 aromatic carbocycles. The molecule has 1 aliphatic carbocycles. The number of hydrogen-bond acceptors (Lipinski definition) is 5. The minimum Gasteiger partial charge on any atom is -0.508 e. The number of phenols is 1. The van der Waals surface area contributed by atoms with Crippen LogP contribution >= 0.6 is 11.8 Å². The molecule has 0 spiro atoms. The summed E-state index contributed by atoms with van der Waals surface area (Å²) in [5.74, 6) is 0.0622. The number of carbonyl (C=O) groups is 2. The van der Waals surface area contributed by atoms with Crippen molar-refractivity contribution in [2.75, 3.05) is 0 Å². The first kappa shape index (κ1) is 24.8. The second-order valence-corrected chi connectivity index (χ2v) is 12.2. The van der Waals surface area contributed by atoms with Gasteiger partial charge >= 0.3 is 5.97 Å². The number of ether oxygens (including phenoxy) is 1. The molecule has 2 aliphatic rings. The van der Waals surface area contributed by atoms with E-state index in [9.17, 15) is 14.7 Å². The van der Waals surface area contributed by atoms with E-state index in [-0.39, 0.29) is 35.3 Å². The molecule has 0 bridgehead atoms.